The van der Waals surface area contributed by atoms with Gasteiger partial charge in [0.15, 0.2) is 0 Å². The van der Waals surface area contributed by atoms with Crippen LogP contribution in [-0.4, -0.2) is 47.9 Å². The molecule has 114 valence electrons. The van der Waals surface area contributed by atoms with Crippen LogP contribution in [0.5, 0.6) is 0 Å². The van der Waals surface area contributed by atoms with E-state index in [2.05, 4.69) is 0 Å². The number of carboxylic acids is 1. The largest absolute Gasteiger partial charge is 0.481 e. The Balaban J connectivity index is 1.87. The van der Waals surface area contributed by atoms with Crippen LogP contribution in [0.3, 0.4) is 0 Å². The first-order chi connectivity index (χ1) is 10.2. The number of rotatable bonds is 5. The second-order valence-electron chi connectivity index (χ2n) is 4.89. The van der Waals surface area contributed by atoms with Crippen LogP contribution in [0.15, 0.2) is 30.3 Å². The summed E-state index contributed by atoms with van der Waals surface area (Å²) < 4.78 is 10.6. The van der Waals surface area contributed by atoms with Crippen molar-refractivity contribution in [3.8, 4) is 0 Å². The Bertz CT molecular complexity index is 476. The molecule has 1 fully saturated rings. The van der Waals surface area contributed by atoms with Crippen LogP contribution < -0.4 is 0 Å². The molecule has 0 bridgehead atoms. The number of amides is 1. The predicted molar refractivity (Wildman–Crippen MR) is 74.8 cm³/mol. The van der Waals surface area contributed by atoms with Crippen LogP contribution in [0, 0.1) is 0 Å². The predicted octanol–water partition coefficient (Wildman–Crippen LogP) is 1.89. The summed E-state index contributed by atoms with van der Waals surface area (Å²) >= 11 is 0. The molecule has 1 aliphatic rings. The monoisotopic (exact) mass is 293 g/mol. The molecule has 1 saturated heterocycles. The highest BCUT2D eigenvalue weighted by Crippen LogP contribution is 2.15. The number of nitrogens with zero attached hydrogens (tertiary/aromatic N) is 1. The zero-order chi connectivity index (χ0) is 15.1. The molecule has 1 aliphatic heterocycles. The number of morpholine rings is 1. The lowest BCUT2D eigenvalue weighted by Crippen LogP contribution is -2.49. The number of benzene rings is 1. The third kappa shape index (κ3) is 4.75. The van der Waals surface area contributed by atoms with E-state index >= 15 is 0 Å². The number of hydrogen-bond acceptors (Lipinski definition) is 4. The Morgan fingerprint density at radius 2 is 2.10 bits per heavy atom. The number of carbonyl (C=O) groups excluding carboxylic acids is 1. The van der Waals surface area contributed by atoms with Crippen LogP contribution >= 0.6 is 0 Å². The normalized spacial score (nSPS) is 18.3. The van der Waals surface area contributed by atoms with Crippen molar-refractivity contribution < 1.29 is 24.2 Å². The van der Waals surface area contributed by atoms with Gasteiger partial charge in [-0.1, -0.05) is 30.3 Å². The van der Waals surface area contributed by atoms with Gasteiger partial charge in [0, 0.05) is 13.0 Å². The molecule has 0 spiro atoms. The van der Waals surface area contributed by atoms with Gasteiger partial charge in [0.2, 0.25) is 0 Å². The van der Waals surface area contributed by atoms with E-state index in [9.17, 15) is 9.59 Å². The molecule has 1 aromatic carbocycles. The number of hydrogen-bond donors (Lipinski definition) is 1. The molecule has 0 saturated carbocycles. The maximum absolute atomic E-state index is 12.1. The summed E-state index contributed by atoms with van der Waals surface area (Å²) in [7, 11) is 0. The molecule has 6 nitrogen and oxygen atoms in total. The Morgan fingerprint density at radius 1 is 1.33 bits per heavy atom. The molecule has 0 aliphatic carbocycles. The van der Waals surface area contributed by atoms with Crippen LogP contribution in [0.1, 0.15) is 18.4 Å². The molecule has 0 radical (unpaired) electrons. The van der Waals surface area contributed by atoms with Gasteiger partial charge in [-0.25, -0.2) is 4.79 Å². The zero-order valence-corrected chi connectivity index (χ0v) is 11.7. The number of ether oxygens (including phenoxy) is 2. The number of aliphatic carboxylic acids is 1. The molecule has 2 rings (SSSR count). The Kier molecular flexibility index (Phi) is 5.57. The van der Waals surface area contributed by atoms with Crippen molar-refractivity contribution in [1.29, 1.82) is 0 Å². The standard InChI is InChI=1S/C15H19NO5/c17-14(18)7-6-13-11-20-9-8-16(13)15(19)21-10-12-4-2-1-3-5-12/h1-5,13H,6-11H2,(H,17,18)/t13-/m1/s1. The fraction of sp³-hybridized carbons (Fsp3) is 0.467. The minimum absolute atomic E-state index is 0.0104. The molecular formula is C15H19NO5. The van der Waals surface area contributed by atoms with E-state index in [-0.39, 0.29) is 19.1 Å². The topological polar surface area (TPSA) is 76.1 Å². The molecular weight excluding hydrogens is 274 g/mol. The summed E-state index contributed by atoms with van der Waals surface area (Å²) in [4.78, 5) is 24.3. The lowest BCUT2D eigenvalue weighted by molar-refractivity contribution is -0.137. The van der Waals surface area contributed by atoms with Crippen molar-refractivity contribution in [2.24, 2.45) is 0 Å². The average molecular weight is 293 g/mol. The van der Waals surface area contributed by atoms with Gasteiger partial charge in [0.05, 0.1) is 19.3 Å². The summed E-state index contributed by atoms with van der Waals surface area (Å²) in [6.07, 6.45) is -0.0377. The highest BCUT2D eigenvalue weighted by Gasteiger charge is 2.28. The van der Waals surface area contributed by atoms with Crippen molar-refractivity contribution in [2.45, 2.75) is 25.5 Å². The minimum atomic E-state index is -0.877. The van der Waals surface area contributed by atoms with Gasteiger partial charge in [-0.15, -0.1) is 0 Å². The third-order valence-electron chi connectivity index (χ3n) is 3.36. The Labute approximate surface area is 123 Å². The summed E-state index contributed by atoms with van der Waals surface area (Å²) in [5, 5.41) is 8.75. The molecule has 1 atom stereocenters. The summed E-state index contributed by atoms with van der Waals surface area (Å²) in [6, 6.07) is 9.19. The van der Waals surface area contributed by atoms with E-state index in [0.29, 0.717) is 26.2 Å². The third-order valence-corrected chi connectivity index (χ3v) is 3.36. The maximum atomic E-state index is 12.1. The fourth-order valence-corrected chi connectivity index (χ4v) is 2.23. The van der Waals surface area contributed by atoms with E-state index < -0.39 is 12.1 Å². The molecule has 1 heterocycles. The van der Waals surface area contributed by atoms with Gasteiger partial charge < -0.3 is 19.5 Å². The Morgan fingerprint density at radius 3 is 2.81 bits per heavy atom. The first-order valence-electron chi connectivity index (χ1n) is 6.93. The first kappa shape index (κ1) is 15.3. The molecule has 21 heavy (non-hydrogen) atoms. The summed E-state index contributed by atoms with van der Waals surface area (Å²) in [5.41, 5.74) is 0.918. The van der Waals surface area contributed by atoms with Gasteiger partial charge in [-0.05, 0) is 12.0 Å². The maximum Gasteiger partial charge on any atom is 0.410 e. The second-order valence-corrected chi connectivity index (χ2v) is 4.89. The molecule has 1 amide bonds. The average Bonchev–Trinajstić information content (AvgIpc) is 2.52. The van der Waals surface area contributed by atoms with Gasteiger partial charge in [0.1, 0.15) is 6.61 Å². The smallest absolute Gasteiger partial charge is 0.410 e. The highest BCUT2D eigenvalue weighted by atomic mass is 16.6. The van der Waals surface area contributed by atoms with Crippen molar-refractivity contribution >= 4 is 12.1 Å². The highest BCUT2D eigenvalue weighted by molar-refractivity contribution is 5.69. The molecule has 0 unspecified atom stereocenters. The van der Waals surface area contributed by atoms with Gasteiger partial charge in [0.25, 0.3) is 0 Å². The van der Waals surface area contributed by atoms with Gasteiger partial charge >= 0.3 is 12.1 Å². The van der Waals surface area contributed by atoms with Crippen molar-refractivity contribution in [3.05, 3.63) is 35.9 Å². The van der Waals surface area contributed by atoms with E-state index in [0.717, 1.165) is 5.56 Å². The van der Waals surface area contributed by atoms with Crippen molar-refractivity contribution in [2.75, 3.05) is 19.8 Å². The quantitative estimate of drug-likeness (QED) is 0.897. The Hall–Kier alpha value is -2.08. The summed E-state index contributed by atoms with van der Waals surface area (Å²) in [6.45, 7) is 1.44. The minimum Gasteiger partial charge on any atom is -0.481 e. The number of carboxylic acid groups (broad SMARTS) is 1. The SMILES string of the molecule is O=C(O)CC[C@@H]1COCCN1C(=O)OCc1ccccc1. The van der Waals surface area contributed by atoms with Crippen LogP contribution in [0.4, 0.5) is 4.79 Å². The van der Waals surface area contributed by atoms with E-state index in [1.165, 1.54) is 0 Å². The van der Waals surface area contributed by atoms with Gasteiger partial charge in [-0.2, -0.15) is 0 Å². The first-order valence-corrected chi connectivity index (χ1v) is 6.93. The lowest BCUT2D eigenvalue weighted by atomic mass is 10.1. The van der Waals surface area contributed by atoms with Crippen molar-refractivity contribution in [1.82, 2.24) is 4.90 Å². The van der Waals surface area contributed by atoms with Crippen molar-refractivity contribution in [3.63, 3.8) is 0 Å². The van der Waals surface area contributed by atoms with Crippen LogP contribution in [0.2, 0.25) is 0 Å². The zero-order valence-electron chi connectivity index (χ0n) is 11.7. The lowest BCUT2D eigenvalue weighted by Gasteiger charge is -2.34. The second kappa shape index (κ2) is 7.64. The van der Waals surface area contributed by atoms with E-state index in [1.807, 2.05) is 30.3 Å². The van der Waals surface area contributed by atoms with Crippen LogP contribution in [0.25, 0.3) is 0 Å². The molecule has 1 aromatic rings. The molecule has 1 N–H and O–H groups in total. The van der Waals surface area contributed by atoms with E-state index in [4.69, 9.17) is 14.6 Å². The van der Waals surface area contributed by atoms with E-state index in [1.54, 1.807) is 4.90 Å². The molecule has 6 heteroatoms. The summed E-state index contributed by atoms with van der Waals surface area (Å²) in [5.74, 6) is -0.877. The fourth-order valence-electron chi connectivity index (χ4n) is 2.23. The molecule has 0 aromatic heterocycles. The van der Waals surface area contributed by atoms with Gasteiger partial charge in [-0.3, -0.25) is 4.79 Å². The number of carbonyl (C=O) groups is 2. The van der Waals surface area contributed by atoms with Crippen LogP contribution in [-0.2, 0) is 20.9 Å².